The van der Waals surface area contributed by atoms with Crippen molar-refractivity contribution in [2.75, 3.05) is 13.7 Å². The standard InChI is InChI=1S/C16H16N2O4/c1-18(16(21)13-3-2-8-17-9-13)10-12-4-6-14(7-5-12)22-11-15(19)20/h2-9H,10-11H2,1H3,(H,19,20). The summed E-state index contributed by atoms with van der Waals surface area (Å²) in [5.74, 6) is -0.655. The lowest BCUT2D eigenvalue weighted by molar-refractivity contribution is -0.139. The van der Waals surface area contributed by atoms with E-state index in [2.05, 4.69) is 4.98 Å². The maximum atomic E-state index is 12.2. The Morgan fingerprint density at radius 1 is 1.23 bits per heavy atom. The Morgan fingerprint density at radius 2 is 1.95 bits per heavy atom. The molecule has 114 valence electrons. The van der Waals surface area contributed by atoms with Crippen molar-refractivity contribution in [3.05, 3.63) is 59.9 Å². The van der Waals surface area contributed by atoms with E-state index >= 15 is 0 Å². The Morgan fingerprint density at radius 3 is 2.55 bits per heavy atom. The van der Waals surface area contributed by atoms with Gasteiger partial charge in [0, 0.05) is 26.0 Å². The van der Waals surface area contributed by atoms with Gasteiger partial charge in [-0.15, -0.1) is 0 Å². The number of nitrogens with zero attached hydrogens (tertiary/aromatic N) is 2. The van der Waals surface area contributed by atoms with Crippen LogP contribution in [-0.2, 0) is 11.3 Å². The quantitative estimate of drug-likeness (QED) is 0.880. The normalized spacial score (nSPS) is 10.0. The highest BCUT2D eigenvalue weighted by Crippen LogP contribution is 2.14. The first-order valence-corrected chi connectivity index (χ1v) is 6.65. The van der Waals surface area contributed by atoms with E-state index in [-0.39, 0.29) is 12.5 Å². The number of aromatic nitrogens is 1. The fourth-order valence-electron chi connectivity index (χ4n) is 1.89. The predicted octanol–water partition coefficient (Wildman–Crippen LogP) is 1.82. The maximum Gasteiger partial charge on any atom is 0.341 e. The number of aliphatic carboxylic acids is 1. The monoisotopic (exact) mass is 300 g/mol. The highest BCUT2D eigenvalue weighted by molar-refractivity contribution is 5.93. The van der Waals surface area contributed by atoms with Crippen LogP contribution in [0.15, 0.2) is 48.8 Å². The van der Waals surface area contributed by atoms with Crippen molar-refractivity contribution in [3.63, 3.8) is 0 Å². The lowest BCUT2D eigenvalue weighted by Crippen LogP contribution is -2.26. The fourth-order valence-corrected chi connectivity index (χ4v) is 1.89. The van der Waals surface area contributed by atoms with Gasteiger partial charge in [0.05, 0.1) is 5.56 Å². The van der Waals surface area contributed by atoms with E-state index in [4.69, 9.17) is 9.84 Å². The molecule has 1 aromatic heterocycles. The Kier molecular flexibility index (Phi) is 5.08. The molecular weight excluding hydrogens is 284 g/mol. The lowest BCUT2D eigenvalue weighted by Gasteiger charge is -2.17. The Bertz CT molecular complexity index is 641. The smallest absolute Gasteiger partial charge is 0.341 e. The van der Waals surface area contributed by atoms with Crippen LogP contribution in [0.2, 0.25) is 0 Å². The van der Waals surface area contributed by atoms with Gasteiger partial charge >= 0.3 is 5.97 Å². The molecule has 6 nitrogen and oxygen atoms in total. The molecule has 0 radical (unpaired) electrons. The second-order valence-electron chi connectivity index (χ2n) is 4.73. The van der Waals surface area contributed by atoms with Gasteiger partial charge in [-0.3, -0.25) is 9.78 Å². The summed E-state index contributed by atoms with van der Waals surface area (Å²) in [5, 5.41) is 8.54. The molecule has 0 aliphatic carbocycles. The summed E-state index contributed by atoms with van der Waals surface area (Å²) in [6.45, 7) is 0.0612. The molecule has 0 unspecified atom stereocenters. The molecule has 0 atom stereocenters. The van der Waals surface area contributed by atoms with Crippen molar-refractivity contribution in [2.45, 2.75) is 6.54 Å². The highest BCUT2D eigenvalue weighted by atomic mass is 16.5. The van der Waals surface area contributed by atoms with Crippen molar-refractivity contribution in [1.29, 1.82) is 0 Å². The van der Waals surface area contributed by atoms with Gasteiger partial charge in [-0.05, 0) is 29.8 Å². The molecule has 0 fully saturated rings. The molecule has 2 rings (SSSR count). The molecule has 0 bridgehead atoms. The molecule has 0 aliphatic heterocycles. The minimum Gasteiger partial charge on any atom is -0.482 e. The first-order valence-electron chi connectivity index (χ1n) is 6.65. The van der Waals surface area contributed by atoms with Crippen LogP contribution < -0.4 is 4.74 Å². The summed E-state index contributed by atoms with van der Waals surface area (Å²) in [4.78, 5) is 28.1. The number of ether oxygens (including phenoxy) is 1. The molecule has 1 heterocycles. The number of carbonyl (C=O) groups excluding carboxylic acids is 1. The average Bonchev–Trinajstić information content (AvgIpc) is 2.54. The number of amides is 1. The minimum absolute atomic E-state index is 0.112. The van der Waals surface area contributed by atoms with Crippen LogP contribution >= 0.6 is 0 Å². The van der Waals surface area contributed by atoms with Crippen molar-refractivity contribution < 1.29 is 19.4 Å². The van der Waals surface area contributed by atoms with Crippen molar-refractivity contribution in [2.24, 2.45) is 0 Å². The van der Waals surface area contributed by atoms with Gasteiger partial charge < -0.3 is 14.7 Å². The van der Waals surface area contributed by atoms with Crippen molar-refractivity contribution in [3.8, 4) is 5.75 Å². The summed E-state index contributed by atoms with van der Waals surface area (Å²) in [6.07, 6.45) is 3.15. The summed E-state index contributed by atoms with van der Waals surface area (Å²) >= 11 is 0. The zero-order chi connectivity index (χ0) is 15.9. The second kappa shape index (κ2) is 7.21. The average molecular weight is 300 g/mol. The molecule has 0 spiro atoms. The number of pyridine rings is 1. The van der Waals surface area contributed by atoms with E-state index in [1.54, 1.807) is 54.5 Å². The molecule has 0 saturated carbocycles. The summed E-state index contributed by atoms with van der Waals surface area (Å²) < 4.78 is 5.06. The number of hydrogen-bond acceptors (Lipinski definition) is 4. The predicted molar refractivity (Wildman–Crippen MR) is 79.6 cm³/mol. The minimum atomic E-state index is -1.02. The highest BCUT2D eigenvalue weighted by Gasteiger charge is 2.12. The van der Waals surface area contributed by atoms with Gasteiger partial charge in [0.15, 0.2) is 6.61 Å². The molecule has 1 N–H and O–H groups in total. The first-order chi connectivity index (χ1) is 10.6. The van der Waals surface area contributed by atoms with Gasteiger partial charge in [-0.25, -0.2) is 4.79 Å². The number of hydrogen-bond donors (Lipinski definition) is 1. The largest absolute Gasteiger partial charge is 0.482 e. The topological polar surface area (TPSA) is 79.7 Å². The molecule has 2 aromatic rings. The van der Waals surface area contributed by atoms with Crippen molar-refractivity contribution >= 4 is 11.9 Å². The molecule has 1 aromatic carbocycles. The van der Waals surface area contributed by atoms with Crippen LogP contribution in [0.5, 0.6) is 5.75 Å². The first kappa shape index (κ1) is 15.5. The lowest BCUT2D eigenvalue weighted by atomic mass is 10.2. The van der Waals surface area contributed by atoms with E-state index in [0.717, 1.165) is 5.56 Å². The van der Waals surface area contributed by atoms with Gasteiger partial charge in [0.25, 0.3) is 5.91 Å². The van der Waals surface area contributed by atoms with Gasteiger partial charge in [0.2, 0.25) is 0 Å². The third-order valence-corrected chi connectivity index (χ3v) is 2.96. The van der Waals surface area contributed by atoms with E-state index in [0.29, 0.717) is 17.9 Å². The van der Waals surface area contributed by atoms with E-state index in [9.17, 15) is 9.59 Å². The van der Waals surface area contributed by atoms with Gasteiger partial charge in [-0.2, -0.15) is 0 Å². The Balaban J connectivity index is 1.95. The molecule has 22 heavy (non-hydrogen) atoms. The summed E-state index contributed by atoms with van der Waals surface area (Å²) in [7, 11) is 1.71. The fraction of sp³-hybridized carbons (Fsp3) is 0.188. The van der Waals surface area contributed by atoms with Gasteiger partial charge in [0.1, 0.15) is 5.75 Å². The van der Waals surface area contributed by atoms with Crippen LogP contribution in [0.4, 0.5) is 0 Å². The zero-order valence-corrected chi connectivity index (χ0v) is 12.1. The molecule has 1 amide bonds. The van der Waals surface area contributed by atoms with E-state index < -0.39 is 5.97 Å². The number of carboxylic acid groups (broad SMARTS) is 1. The van der Waals surface area contributed by atoms with Crippen LogP contribution in [-0.4, -0.2) is 40.5 Å². The molecule has 0 aliphatic rings. The van der Waals surface area contributed by atoms with Crippen LogP contribution in [0.1, 0.15) is 15.9 Å². The van der Waals surface area contributed by atoms with Gasteiger partial charge in [-0.1, -0.05) is 12.1 Å². The Hall–Kier alpha value is -2.89. The molecular formula is C16H16N2O4. The van der Waals surface area contributed by atoms with Crippen molar-refractivity contribution in [1.82, 2.24) is 9.88 Å². The summed E-state index contributed by atoms with van der Waals surface area (Å²) in [6, 6.07) is 10.4. The Labute approximate surface area is 128 Å². The number of carbonyl (C=O) groups is 2. The number of carboxylic acids is 1. The third-order valence-electron chi connectivity index (χ3n) is 2.96. The van der Waals surface area contributed by atoms with Crippen LogP contribution in [0.3, 0.4) is 0 Å². The molecule has 6 heteroatoms. The third kappa shape index (κ3) is 4.31. The van der Waals surface area contributed by atoms with E-state index in [1.807, 2.05) is 0 Å². The molecule has 0 saturated heterocycles. The van der Waals surface area contributed by atoms with Crippen LogP contribution in [0, 0.1) is 0 Å². The summed E-state index contributed by atoms with van der Waals surface area (Å²) in [5.41, 5.74) is 1.45. The maximum absolute atomic E-state index is 12.2. The van der Waals surface area contributed by atoms with Crippen LogP contribution in [0.25, 0.3) is 0 Å². The zero-order valence-electron chi connectivity index (χ0n) is 12.1. The van der Waals surface area contributed by atoms with E-state index in [1.165, 1.54) is 6.20 Å². The SMILES string of the molecule is CN(Cc1ccc(OCC(=O)O)cc1)C(=O)c1cccnc1. The second-order valence-corrected chi connectivity index (χ2v) is 4.73. The number of rotatable bonds is 6. The number of benzene rings is 1.